The lowest BCUT2D eigenvalue weighted by Gasteiger charge is -2.03. The molecule has 0 aromatic carbocycles. The average Bonchev–Trinajstić information content (AvgIpc) is 2.96. The number of carbonyl (C=O) groups excluding carboxylic acids is 1. The van der Waals surface area contributed by atoms with E-state index in [-0.39, 0.29) is 11.8 Å². The first kappa shape index (κ1) is 12.2. The van der Waals surface area contributed by atoms with Crippen molar-refractivity contribution in [3.63, 3.8) is 0 Å². The number of amides is 1. The molecule has 0 saturated heterocycles. The van der Waals surface area contributed by atoms with E-state index in [1.807, 2.05) is 6.92 Å². The number of nitrogens with one attached hydrogen (secondary N) is 1. The minimum Gasteiger partial charge on any atom is -0.481 e. The Morgan fingerprint density at radius 3 is 2.60 bits per heavy atom. The fourth-order valence-electron chi connectivity index (χ4n) is 1.32. The summed E-state index contributed by atoms with van der Waals surface area (Å²) in [6.07, 6.45) is 0.429. The summed E-state index contributed by atoms with van der Waals surface area (Å²) in [7, 11) is -0.885. The molecule has 1 fully saturated rings. The number of carbonyl (C=O) groups is 2. The van der Waals surface area contributed by atoms with Crippen LogP contribution in [0.15, 0.2) is 0 Å². The Hall–Kier alpha value is -0.910. The second kappa shape index (κ2) is 5.25. The molecule has 1 rings (SSSR count). The minimum atomic E-state index is -0.910. The highest BCUT2D eigenvalue weighted by atomic mass is 32.2. The van der Waals surface area contributed by atoms with Gasteiger partial charge in [0.2, 0.25) is 5.91 Å². The van der Waals surface area contributed by atoms with Crippen LogP contribution >= 0.6 is 0 Å². The van der Waals surface area contributed by atoms with Crippen molar-refractivity contribution >= 4 is 22.7 Å². The van der Waals surface area contributed by atoms with Crippen LogP contribution in [0.5, 0.6) is 0 Å². The summed E-state index contributed by atoms with van der Waals surface area (Å²) in [4.78, 5) is 21.8. The van der Waals surface area contributed by atoms with E-state index < -0.39 is 22.7 Å². The average molecular weight is 233 g/mol. The van der Waals surface area contributed by atoms with Gasteiger partial charge in [0.15, 0.2) is 0 Å². The molecular formula is C9H15NO4S. The molecule has 0 aromatic rings. The van der Waals surface area contributed by atoms with Gasteiger partial charge >= 0.3 is 5.97 Å². The molecule has 86 valence electrons. The van der Waals surface area contributed by atoms with Crippen molar-refractivity contribution in [1.29, 1.82) is 0 Å². The fraction of sp³-hybridized carbons (Fsp3) is 0.778. The Balaban J connectivity index is 2.16. The van der Waals surface area contributed by atoms with Crippen molar-refractivity contribution < 1.29 is 18.9 Å². The summed E-state index contributed by atoms with van der Waals surface area (Å²) in [6, 6.07) is 0. The van der Waals surface area contributed by atoms with Crippen LogP contribution in [0.4, 0.5) is 0 Å². The van der Waals surface area contributed by atoms with Crippen LogP contribution in [0.3, 0.4) is 0 Å². The molecule has 0 heterocycles. The monoisotopic (exact) mass is 233 g/mol. The Morgan fingerprint density at radius 1 is 1.47 bits per heavy atom. The topological polar surface area (TPSA) is 83.5 Å². The minimum absolute atomic E-state index is 0.226. The molecule has 1 amide bonds. The van der Waals surface area contributed by atoms with Crippen molar-refractivity contribution in [2.24, 2.45) is 11.8 Å². The molecule has 1 saturated carbocycles. The fourth-order valence-corrected chi connectivity index (χ4v) is 1.94. The third-order valence-corrected chi connectivity index (χ3v) is 3.70. The maximum atomic E-state index is 11.3. The van der Waals surface area contributed by atoms with E-state index in [0.717, 1.165) is 0 Å². The third-order valence-electron chi connectivity index (χ3n) is 2.40. The lowest BCUT2D eigenvalue weighted by atomic mass is 10.3. The lowest BCUT2D eigenvalue weighted by molar-refractivity contribution is -0.140. The second-order valence-electron chi connectivity index (χ2n) is 3.51. The van der Waals surface area contributed by atoms with E-state index in [9.17, 15) is 13.8 Å². The molecule has 0 radical (unpaired) electrons. The Bertz CT molecular complexity index is 292. The zero-order valence-electron chi connectivity index (χ0n) is 8.56. The summed E-state index contributed by atoms with van der Waals surface area (Å²) in [5.74, 6) is -1.01. The van der Waals surface area contributed by atoms with E-state index in [0.29, 0.717) is 24.5 Å². The third kappa shape index (κ3) is 3.62. The molecule has 1 aliphatic carbocycles. The van der Waals surface area contributed by atoms with Crippen LogP contribution in [-0.4, -0.2) is 39.2 Å². The largest absolute Gasteiger partial charge is 0.481 e. The van der Waals surface area contributed by atoms with Gasteiger partial charge in [-0.1, -0.05) is 6.92 Å². The zero-order chi connectivity index (χ0) is 11.4. The highest BCUT2D eigenvalue weighted by molar-refractivity contribution is 7.84. The number of hydrogen-bond acceptors (Lipinski definition) is 3. The summed E-state index contributed by atoms with van der Waals surface area (Å²) >= 11 is 0. The van der Waals surface area contributed by atoms with Crippen molar-refractivity contribution in [2.45, 2.75) is 13.3 Å². The number of rotatable bonds is 6. The molecule has 3 atom stereocenters. The molecular weight excluding hydrogens is 218 g/mol. The van der Waals surface area contributed by atoms with E-state index >= 15 is 0 Å². The van der Waals surface area contributed by atoms with Crippen LogP contribution in [0.25, 0.3) is 0 Å². The normalized spacial score (nSPS) is 25.7. The van der Waals surface area contributed by atoms with Crippen molar-refractivity contribution in [3.8, 4) is 0 Å². The predicted molar refractivity (Wildman–Crippen MR) is 55.8 cm³/mol. The number of aliphatic carboxylic acids is 1. The first-order valence-electron chi connectivity index (χ1n) is 4.91. The van der Waals surface area contributed by atoms with Gasteiger partial charge in [0, 0.05) is 28.9 Å². The van der Waals surface area contributed by atoms with Gasteiger partial charge in [-0.25, -0.2) is 0 Å². The van der Waals surface area contributed by atoms with Gasteiger partial charge in [0.25, 0.3) is 0 Å². The molecule has 2 N–H and O–H groups in total. The van der Waals surface area contributed by atoms with Crippen molar-refractivity contribution in [3.05, 3.63) is 0 Å². The van der Waals surface area contributed by atoms with Gasteiger partial charge in [-0.05, 0) is 6.42 Å². The highest BCUT2D eigenvalue weighted by Crippen LogP contribution is 2.38. The highest BCUT2D eigenvalue weighted by Gasteiger charge is 2.48. The molecule has 0 spiro atoms. The predicted octanol–water partition coefficient (Wildman–Crippen LogP) is -0.408. The van der Waals surface area contributed by atoms with Crippen molar-refractivity contribution in [1.82, 2.24) is 5.32 Å². The van der Waals surface area contributed by atoms with E-state index in [1.54, 1.807) is 0 Å². The van der Waals surface area contributed by atoms with Gasteiger partial charge in [-0.2, -0.15) is 0 Å². The van der Waals surface area contributed by atoms with Crippen LogP contribution in [0.2, 0.25) is 0 Å². The Labute approximate surface area is 90.7 Å². The van der Waals surface area contributed by atoms with Crippen LogP contribution < -0.4 is 5.32 Å². The lowest BCUT2D eigenvalue weighted by Crippen LogP contribution is -2.30. The zero-order valence-corrected chi connectivity index (χ0v) is 9.38. The summed E-state index contributed by atoms with van der Waals surface area (Å²) in [5, 5.41) is 11.2. The van der Waals surface area contributed by atoms with Crippen molar-refractivity contribution in [2.75, 3.05) is 18.1 Å². The summed E-state index contributed by atoms with van der Waals surface area (Å²) in [5.41, 5.74) is 0. The maximum Gasteiger partial charge on any atom is 0.307 e. The smallest absolute Gasteiger partial charge is 0.307 e. The number of carboxylic acids is 1. The summed E-state index contributed by atoms with van der Waals surface area (Å²) < 4.78 is 11.0. The Kier molecular flexibility index (Phi) is 4.26. The standard InChI is InChI=1S/C9H15NO4S/c1-2-15(14)4-3-10-8(11)6-5-7(6)9(12)13/h6-7H,2-5H2,1H3,(H,10,11)(H,12,13)/t6-,7+,15?/m1/s1. The molecule has 1 aliphatic rings. The summed E-state index contributed by atoms with van der Waals surface area (Å²) in [6.45, 7) is 2.18. The van der Waals surface area contributed by atoms with E-state index in [4.69, 9.17) is 5.11 Å². The Morgan fingerprint density at radius 2 is 2.13 bits per heavy atom. The van der Waals surface area contributed by atoms with E-state index in [1.165, 1.54) is 0 Å². The van der Waals surface area contributed by atoms with E-state index in [2.05, 4.69) is 5.32 Å². The van der Waals surface area contributed by atoms with Gasteiger partial charge in [-0.3, -0.25) is 13.8 Å². The van der Waals surface area contributed by atoms with Gasteiger partial charge < -0.3 is 10.4 Å². The molecule has 5 nitrogen and oxygen atoms in total. The molecule has 0 aromatic heterocycles. The molecule has 0 aliphatic heterocycles. The van der Waals surface area contributed by atoms with Gasteiger partial charge in [0.05, 0.1) is 11.8 Å². The SMILES string of the molecule is CCS(=O)CCNC(=O)[C@@H]1C[C@@H]1C(=O)O. The first-order valence-corrected chi connectivity index (χ1v) is 6.40. The van der Waals surface area contributed by atoms with Crippen LogP contribution in [-0.2, 0) is 20.4 Å². The van der Waals surface area contributed by atoms with Crippen LogP contribution in [0, 0.1) is 11.8 Å². The van der Waals surface area contributed by atoms with Crippen LogP contribution in [0.1, 0.15) is 13.3 Å². The molecule has 15 heavy (non-hydrogen) atoms. The molecule has 6 heteroatoms. The van der Waals surface area contributed by atoms with Gasteiger partial charge in [0.1, 0.15) is 0 Å². The van der Waals surface area contributed by atoms with Gasteiger partial charge in [-0.15, -0.1) is 0 Å². The maximum absolute atomic E-state index is 11.3. The molecule has 0 bridgehead atoms. The first-order chi connectivity index (χ1) is 7.06. The second-order valence-corrected chi connectivity index (χ2v) is 5.38. The quantitative estimate of drug-likeness (QED) is 0.653. The molecule has 1 unspecified atom stereocenters. The number of carboxylic acid groups (broad SMARTS) is 1. The number of hydrogen-bond donors (Lipinski definition) is 2.